The number of anilines is 1. The van der Waals surface area contributed by atoms with E-state index in [-0.39, 0.29) is 33.9 Å². The van der Waals surface area contributed by atoms with Crippen molar-refractivity contribution in [3.63, 3.8) is 0 Å². The van der Waals surface area contributed by atoms with Crippen LogP contribution < -0.4 is 9.62 Å². The molecule has 0 saturated heterocycles. The van der Waals surface area contributed by atoms with Crippen LogP contribution in [0.15, 0.2) is 71.6 Å². The lowest BCUT2D eigenvalue weighted by Gasteiger charge is -2.34. The molecule has 0 aliphatic heterocycles. The van der Waals surface area contributed by atoms with E-state index >= 15 is 0 Å². The van der Waals surface area contributed by atoms with Crippen LogP contribution in [0.3, 0.4) is 0 Å². The van der Waals surface area contributed by atoms with Crippen LogP contribution in [-0.4, -0.2) is 43.8 Å². The lowest BCUT2D eigenvalue weighted by Crippen LogP contribution is -2.53. The fourth-order valence-corrected chi connectivity index (χ4v) is 6.43. The van der Waals surface area contributed by atoms with Gasteiger partial charge in [0.2, 0.25) is 11.8 Å². The molecule has 1 unspecified atom stereocenters. The van der Waals surface area contributed by atoms with Gasteiger partial charge in [0.15, 0.2) is 0 Å². The third-order valence-electron chi connectivity index (χ3n) is 6.32. The number of benzene rings is 3. The van der Waals surface area contributed by atoms with Crippen LogP contribution in [0.2, 0.25) is 15.1 Å². The molecule has 0 aliphatic carbocycles. The molecular formula is C29H29Cl3F3N3O4S. The Morgan fingerprint density at radius 3 is 2.14 bits per heavy atom. The van der Waals surface area contributed by atoms with E-state index < -0.39 is 51.9 Å². The summed E-state index contributed by atoms with van der Waals surface area (Å²) in [7, 11) is -4.64. The molecule has 0 saturated carbocycles. The predicted molar refractivity (Wildman–Crippen MR) is 162 cm³/mol. The van der Waals surface area contributed by atoms with Gasteiger partial charge in [-0.3, -0.25) is 13.9 Å². The first kappa shape index (κ1) is 34.5. The third-order valence-corrected chi connectivity index (χ3v) is 9.01. The standard InChI is InChI=1S/C29H29Cl3F3N3O4S/c1-4-25(28(40)36-18(2)3)37(16-19-10-12-21(30)15-24(19)32)27(39)17-38(43(41,42)22-8-6-5-7-9-22)26-14-20(29(33,34)35)11-13-23(26)31/h5-15,18,25H,4,16-17H2,1-3H3,(H,36,40). The molecule has 0 aliphatic rings. The Balaban J connectivity index is 2.18. The molecule has 43 heavy (non-hydrogen) atoms. The lowest BCUT2D eigenvalue weighted by molar-refractivity contribution is -0.140. The van der Waals surface area contributed by atoms with Crippen molar-refractivity contribution in [2.75, 3.05) is 10.8 Å². The highest BCUT2D eigenvalue weighted by Gasteiger charge is 2.37. The Hall–Kier alpha value is -2.99. The van der Waals surface area contributed by atoms with Crippen LogP contribution >= 0.6 is 34.8 Å². The summed E-state index contributed by atoms with van der Waals surface area (Å²) in [5, 5.41) is 2.93. The molecule has 0 radical (unpaired) electrons. The molecular weight excluding hydrogens is 650 g/mol. The van der Waals surface area contributed by atoms with E-state index in [2.05, 4.69) is 5.32 Å². The molecule has 1 atom stereocenters. The molecule has 0 spiro atoms. The predicted octanol–water partition coefficient (Wildman–Crippen LogP) is 7.19. The van der Waals surface area contributed by atoms with Crippen LogP contribution in [0.25, 0.3) is 0 Å². The zero-order chi connectivity index (χ0) is 32.1. The molecule has 0 heterocycles. The molecule has 2 amide bonds. The maximum atomic E-state index is 14.1. The zero-order valence-corrected chi connectivity index (χ0v) is 26.4. The topological polar surface area (TPSA) is 86.8 Å². The largest absolute Gasteiger partial charge is 0.416 e. The van der Waals surface area contributed by atoms with Gasteiger partial charge in [-0.1, -0.05) is 66.0 Å². The van der Waals surface area contributed by atoms with Crippen LogP contribution in [0.5, 0.6) is 0 Å². The number of hydrogen-bond donors (Lipinski definition) is 1. The van der Waals surface area contributed by atoms with Crippen molar-refractivity contribution < 1.29 is 31.2 Å². The summed E-state index contributed by atoms with van der Waals surface area (Å²) >= 11 is 18.7. The Morgan fingerprint density at radius 1 is 0.930 bits per heavy atom. The Bertz CT molecular complexity index is 1570. The van der Waals surface area contributed by atoms with Crippen molar-refractivity contribution in [2.24, 2.45) is 0 Å². The van der Waals surface area contributed by atoms with Crippen molar-refractivity contribution in [1.82, 2.24) is 10.2 Å². The summed E-state index contributed by atoms with van der Waals surface area (Å²) in [5.74, 6) is -1.39. The van der Waals surface area contributed by atoms with Gasteiger partial charge >= 0.3 is 6.18 Å². The summed E-state index contributed by atoms with van der Waals surface area (Å²) in [6.45, 7) is 3.92. The van der Waals surface area contributed by atoms with E-state index in [1.54, 1.807) is 32.9 Å². The van der Waals surface area contributed by atoms with Gasteiger partial charge in [0.1, 0.15) is 12.6 Å². The number of carbonyl (C=O) groups is 2. The first-order valence-electron chi connectivity index (χ1n) is 13.0. The third kappa shape index (κ3) is 8.56. The number of sulfonamides is 1. The molecule has 0 fully saturated rings. The SMILES string of the molecule is CCC(C(=O)NC(C)C)N(Cc1ccc(Cl)cc1Cl)C(=O)CN(c1cc(C(F)(F)F)ccc1Cl)S(=O)(=O)c1ccccc1. The second-order valence-electron chi connectivity index (χ2n) is 9.83. The van der Waals surface area contributed by atoms with Crippen molar-refractivity contribution in [3.05, 3.63) is 92.9 Å². The molecule has 3 rings (SSSR count). The highest BCUT2D eigenvalue weighted by molar-refractivity contribution is 7.92. The minimum absolute atomic E-state index is 0.130. The first-order chi connectivity index (χ1) is 20.1. The number of rotatable bonds is 11. The van der Waals surface area contributed by atoms with Gasteiger partial charge in [-0.15, -0.1) is 0 Å². The molecule has 7 nitrogen and oxygen atoms in total. The maximum absolute atomic E-state index is 14.1. The second kappa shape index (κ2) is 14.2. The van der Waals surface area contributed by atoms with Gasteiger partial charge in [0.05, 0.1) is 21.2 Å². The van der Waals surface area contributed by atoms with E-state index in [1.165, 1.54) is 36.4 Å². The van der Waals surface area contributed by atoms with Gasteiger partial charge in [0, 0.05) is 22.6 Å². The van der Waals surface area contributed by atoms with Crippen LogP contribution in [0.1, 0.15) is 38.3 Å². The van der Waals surface area contributed by atoms with E-state index in [1.807, 2.05) is 0 Å². The average Bonchev–Trinajstić information content (AvgIpc) is 2.92. The average molecular weight is 679 g/mol. The van der Waals surface area contributed by atoms with E-state index in [0.717, 1.165) is 11.0 Å². The van der Waals surface area contributed by atoms with Gasteiger partial charge in [-0.25, -0.2) is 8.42 Å². The molecule has 0 bridgehead atoms. The molecule has 232 valence electrons. The highest BCUT2D eigenvalue weighted by atomic mass is 35.5. The summed E-state index contributed by atoms with van der Waals surface area (Å²) in [6, 6.07) is 12.3. The number of halogens is 6. The Labute approximate surface area is 263 Å². The number of nitrogens with one attached hydrogen (secondary N) is 1. The van der Waals surface area contributed by atoms with E-state index in [0.29, 0.717) is 27.0 Å². The van der Waals surface area contributed by atoms with Gasteiger partial charge in [-0.2, -0.15) is 13.2 Å². The van der Waals surface area contributed by atoms with Crippen LogP contribution in [0.4, 0.5) is 18.9 Å². The smallest absolute Gasteiger partial charge is 0.352 e. The summed E-state index contributed by atoms with van der Waals surface area (Å²) in [5.41, 5.74) is -1.32. The van der Waals surface area contributed by atoms with Gasteiger partial charge < -0.3 is 10.2 Å². The summed E-state index contributed by atoms with van der Waals surface area (Å²) < 4.78 is 69.3. The zero-order valence-electron chi connectivity index (χ0n) is 23.3. The normalized spacial score (nSPS) is 12.6. The first-order valence-corrected chi connectivity index (χ1v) is 15.6. The summed E-state index contributed by atoms with van der Waals surface area (Å²) in [6.07, 6.45) is -4.70. The molecule has 0 aromatic heterocycles. The van der Waals surface area contributed by atoms with Gasteiger partial charge in [-0.05, 0) is 68.3 Å². The van der Waals surface area contributed by atoms with Crippen LogP contribution in [0, 0.1) is 0 Å². The number of carbonyl (C=O) groups excluding carboxylic acids is 2. The number of hydrogen-bond acceptors (Lipinski definition) is 4. The monoisotopic (exact) mass is 677 g/mol. The molecule has 3 aromatic rings. The number of amides is 2. The number of nitrogens with zero attached hydrogens (tertiary/aromatic N) is 2. The van der Waals surface area contributed by atoms with Gasteiger partial charge in [0.25, 0.3) is 10.0 Å². The quantitative estimate of drug-likeness (QED) is 0.233. The lowest BCUT2D eigenvalue weighted by atomic mass is 10.1. The summed E-state index contributed by atoms with van der Waals surface area (Å²) in [4.78, 5) is 28.1. The number of alkyl halides is 3. The molecule has 14 heteroatoms. The van der Waals surface area contributed by atoms with E-state index in [4.69, 9.17) is 34.8 Å². The molecule has 3 aromatic carbocycles. The van der Waals surface area contributed by atoms with Crippen molar-refractivity contribution >= 4 is 62.3 Å². The maximum Gasteiger partial charge on any atom is 0.416 e. The van der Waals surface area contributed by atoms with E-state index in [9.17, 15) is 31.2 Å². The Morgan fingerprint density at radius 2 is 1.58 bits per heavy atom. The fraction of sp³-hybridized carbons (Fsp3) is 0.310. The minimum Gasteiger partial charge on any atom is -0.352 e. The second-order valence-corrected chi connectivity index (χ2v) is 12.9. The highest BCUT2D eigenvalue weighted by Crippen LogP contribution is 2.37. The van der Waals surface area contributed by atoms with Crippen molar-refractivity contribution in [2.45, 2.75) is 56.9 Å². The molecule has 1 N–H and O–H groups in total. The van der Waals surface area contributed by atoms with Crippen LogP contribution in [-0.2, 0) is 32.3 Å². The van der Waals surface area contributed by atoms with Crippen molar-refractivity contribution in [3.8, 4) is 0 Å². The fourth-order valence-electron chi connectivity index (χ4n) is 4.25. The van der Waals surface area contributed by atoms with Crippen molar-refractivity contribution in [1.29, 1.82) is 0 Å². The Kier molecular flexibility index (Phi) is 11.4. The minimum atomic E-state index is -4.83.